The number of carboxylic acid groups (broad SMARTS) is 1. The second-order valence-electron chi connectivity index (χ2n) is 4.57. The molecule has 2 amide bonds. The molecule has 1 heterocycles. The van der Waals surface area contributed by atoms with E-state index < -0.39 is 11.5 Å². The number of carbonyl (C=O) groups excluding carboxylic acids is 1. The summed E-state index contributed by atoms with van der Waals surface area (Å²) in [5.41, 5.74) is 1.44. The molecular formula is C12H19N3O3S. The molecule has 0 saturated heterocycles. The van der Waals surface area contributed by atoms with Gasteiger partial charge in [0.2, 0.25) is 0 Å². The lowest BCUT2D eigenvalue weighted by atomic mass is 10.0. The van der Waals surface area contributed by atoms with Gasteiger partial charge in [-0.2, -0.15) is 0 Å². The van der Waals surface area contributed by atoms with Crippen LogP contribution in [0.25, 0.3) is 0 Å². The second kappa shape index (κ2) is 6.51. The Hall–Kier alpha value is -1.63. The van der Waals surface area contributed by atoms with Gasteiger partial charge in [0.25, 0.3) is 0 Å². The van der Waals surface area contributed by atoms with Gasteiger partial charge < -0.3 is 15.3 Å². The van der Waals surface area contributed by atoms with Gasteiger partial charge in [-0.15, -0.1) is 11.3 Å². The Morgan fingerprint density at radius 2 is 2.21 bits per heavy atom. The van der Waals surface area contributed by atoms with Gasteiger partial charge in [0, 0.05) is 24.9 Å². The molecule has 0 fully saturated rings. The van der Waals surface area contributed by atoms with E-state index >= 15 is 0 Å². The third kappa shape index (κ3) is 3.92. The van der Waals surface area contributed by atoms with Crippen molar-refractivity contribution < 1.29 is 14.7 Å². The van der Waals surface area contributed by atoms with E-state index in [1.54, 1.807) is 12.4 Å². The van der Waals surface area contributed by atoms with Crippen molar-refractivity contribution in [1.29, 1.82) is 0 Å². The molecule has 0 spiro atoms. The molecule has 0 unspecified atom stereocenters. The molecule has 19 heavy (non-hydrogen) atoms. The second-order valence-corrected chi connectivity index (χ2v) is 5.29. The Balaban J connectivity index is 2.52. The van der Waals surface area contributed by atoms with E-state index in [0.29, 0.717) is 19.5 Å². The van der Waals surface area contributed by atoms with Crippen LogP contribution < -0.4 is 5.32 Å². The van der Waals surface area contributed by atoms with Gasteiger partial charge in [0.15, 0.2) is 0 Å². The number of likely N-dealkylation sites (N-methyl/N-ethyl adjacent to an activating group) is 1. The first-order valence-electron chi connectivity index (χ1n) is 6.05. The number of hydrogen-bond donors (Lipinski definition) is 2. The Bertz CT molecular complexity index is 431. The first-order chi connectivity index (χ1) is 8.89. The standard InChI is InChI=1S/C12H19N3O3S/c1-4-15(12(2,3)10(16)17)11(18)13-6-5-9-7-19-8-14-9/h7-8H,4-6H2,1-3H3,(H,13,18)(H,16,17). The molecule has 2 N–H and O–H groups in total. The van der Waals surface area contributed by atoms with Crippen LogP contribution in [0.4, 0.5) is 4.79 Å². The third-order valence-corrected chi connectivity index (χ3v) is 3.54. The van der Waals surface area contributed by atoms with Gasteiger partial charge in [0.05, 0.1) is 11.2 Å². The minimum absolute atomic E-state index is 0.335. The van der Waals surface area contributed by atoms with Crippen LogP contribution in [0.15, 0.2) is 10.9 Å². The number of amides is 2. The van der Waals surface area contributed by atoms with E-state index in [2.05, 4.69) is 10.3 Å². The molecule has 0 aliphatic heterocycles. The minimum atomic E-state index is -1.22. The Kier molecular flexibility index (Phi) is 5.29. The Morgan fingerprint density at radius 3 is 2.68 bits per heavy atom. The van der Waals surface area contributed by atoms with E-state index in [1.807, 2.05) is 5.38 Å². The van der Waals surface area contributed by atoms with Crippen LogP contribution in [0.1, 0.15) is 26.5 Å². The molecule has 1 rings (SSSR count). The van der Waals surface area contributed by atoms with Crippen LogP contribution in [-0.2, 0) is 11.2 Å². The smallest absolute Gasteiger partial charge is 0.329 e. The molecule has 6 nitrogen and oxygen atoms in total. The van der Waals surface area contributed by atoms with E-state index in [9.17, 15) is 9.59 Å². The van der Waals surface area contributed by atoms with E-state index in [4.69, 9.17) is 5.11 Å². The summed E-state index contributed by atoms with van der Waals surface area (Å²) in [6.45, 7) is 5.55. The van der Waals surface area contributed by atoms with Crippen molar-refractivity contribution in [2.75, 3.05) is 13.1 Å². The van der Waals surface area contributed by atoms with Crippen LogP contribution in [0.2, 0.25) is 0 Å². The van der Waals surface area contributed by atoms with E-state index in [-0.39, 0.29) is 6.03 Å². The highest BCUT2D eigenvalue weighted by Gasteiger charge is 2.36. The van der Waals surface area contributed by atoms with Crippen molar-refractivity contribution >= 4 is 23.3 Å². The Labute approximate surface area is 116 Å². The number of thiazole rings is 1. The van der Waals surface area contributed by atoms with Gasteiger partial charge in [-0.1, -0.05) is 0 Å². The summed E-state index contributed by atoms with van der Waals surface area (Å²) < 4.78 is 0. The molecule has 0 aliphatic carbocycles. The first-order valence-corrected chi connectivity index (χ1v) is 6.99. The third-order valence-electron chi connectivity index (χ3n) is 2.90. The van der Waals surface area contributed by atoms with Gasteiger partial charge in [0.1, 0.15) is 5.54 Å². The fourth-order valence-corrected chi connectivity index (χ4v) is 2.26. The van der Waals surface area contributed by atoms with Gasteiger partial charge in [-0.05, 0) is 20.8 Å². The molecule has 1 aromatic rings. The fourth-order valence-electron chi connectivity index (χ4n) is 1.66. The molecule has 0 aliphatic rings. The number of urea groups is 1. The predicted octanol–water partition coefficient (Wildman–Crippen LogP) is 1.58. The highest BCUT2D eigenvalue weighted by Crippen LogP contribution is 2.14. The number of nitrogens with one attached hydrogen (secondary N) is 1. The molecule has 7 heteroatoms. The van der Waals surface area contributed by atoms with Crippen LogP contribution in [0.3, 0.4) is 0 Å². The maximum atomic E-state index is 12.0. The number of hydrogen-bond acceptors (Lipinski definition) is 4. The summed E-state index contributed by atoms with van der Waals surface area (Å²) in [4.78, 5) is 28.6. The van der Waals surface area contributed by atoms with Crippen molar-refractivity contribution in [2.24, 2.45) is 0 Å². The van der Waals surface area contributed by atoms with Crippen molar-refractivity contribution in [3.8, 4) is 0 Å². The summed E-state index contributed by atoms with van der Waals surface area (Å²) in [6, 6.07) is -0.370. The average molecular weight is 285 g/mol. The van der Waals surface area contributed by atoms with Gasteiger partial charge in [-0.3, -0.25) is 0 Å². The summed E-state index contributed by atoms with van der Waals surface area (Å²) in [5.74, 6) is -1.02. The molecule has 0 aromatic carbocycles. The molecule has 1 aromatic heterocycles. The molecular weight excluding hydrogens is 266 g/mol. The molecule has 0 saturated carbocycles. The lowest BCUT2D eigenvalue weighted by molar-refractivity contribution is -0.147. The van der Waals surface area contributed by atoms with Crippen molar-refractivity contribution in [3.63, 3.8) is 0 Å². The topological polar surface area (TPSA) is 82.5 Å². The van der Waals surface area contributed by atoms with Gasteiger partial charge >= 0.3 is 12.0 Å². The number of carbonyl (C=O) groups is 2. The monoisotopic (exact) mass is 285 g/mol. The maximum Gasteiger partial charge on any atom is 0.329 e. The summed E-state index contributed by atoms with van der Waals surface area (Å²) in [6.07, 6.45) is 0.639. The van der Waals surface area contributed by atoms with Crippen LogP contribution in [0, 0.1) is 0 Å². The lowest BCUT2D eigenvalue weighted by Crippen LogP contribution is -2.56. The minimum Gasteiger partial charge on any atom is -0.480 e. The first kappa shape index (κ1) is 15.4. The normalized spacial score (nSPS) is 11.1. The van der Waals surface area contributed by atoms with Crippen LogP contribution >= 0.6 is 11.3 Å². The number of carboxylic acids is 1. The highest BCUT2D eigenvalue weighted by atomic mass is 32.1. The van der Waals surface area contributed by atoms with Crippen molar-refractivity contribution in [1.82, 2.24) is 15.2 Å². The molecule has 0 bridgehead atoms. The average Bonchev–Trinajstić information content (AvgIpc) is 2.82. The zero-order chi connectivity index (χ0) is 14.5. The number of aliphatic carboxylic acids is 1. The quantitative estimate of drug-likeness (QED) is 0.831. The Morgan fingerprint density at radius 1 is 1.53 bits per heavy atom. The zero-order valence-electron chi connectivity index (χ0n) is 11.3. The van der Waals surface area contributed by atoms with E-state index in [0.717, 1.165) is 5.69 Å². The lowest BCUT2D eigenvalue weighted by Gasteiger charge is -2.34. The highest BCUT2D eigenvalue weighted by molar-refractivity contribution is 7.07. The SMILES string of the molecule is CCN(C(=O)NCCc1cscn1)C(C)(C)C(=O)O. The number of aromatic nitrogens is 1. The number of rotatable bonds is 6. The predicted molar refractivity (Wildman–Crippen MR) is 73.3 cm³/mol. The van der Waals surface area contributed by atoms with Gasteiger partial charge in [-0.25, -0.2) is 14.6 Å². The molecule has 0 atom stereocenters. The summed E-state index contributed by atoms with van der Waals surface area (Å²) >= 11 is 1.51. The molecule has 106 valence electrons. The molecule has 0 radical (unpaired) electrons. The summed E-state index contributed by atoms with van der Waals surface area (Å²) in [7, 11) is 0. The maximum absolute atomic E-state index is 12.0. The zero-order valence-corrected chi connectivity index (χ0v) is 12.2. The van der Waals surface area contributed by atoms with Crippen LogP contribution in [0.5, 0.6) is 0 Å². The summed E-state index contributed by atoms with van der Waals surface area (Å²) in [5, 5.41) is 13.8. The van der Waals surface area contributed by atoms with Crippen molar-refractivity contribution in [2.45, 2.75) is 32.7 Å². The largest absolute Gasteiger partial charge is 0.480 e. The van der Waals surface area contributed by atoms with Crippen LogP contribution in [-0.4, -0.2) is 45.6 Å². The number of nitrogens with zero attached hydrogens (tertiary/aromatic N) is 2. The van der Waals surface area contributed by atoms with E-state index in [1.165, 1.54) is 30.1 Å². The fraction of sp³-hybridized carbons (Fsp3) is 0.583. The van der Waals surface area contributed by atoms with Crippen molar-refractivity contribution in [3.05, 3.63) is 16.6 Å².